The van der Waals surface area contributed by atoms with E-state index in [4.69, 9.17) is 5.73 Å². The van der Waals surface area contributed by atoms with Crippen molar-refractivity contribution in [2.45, 2.75) is 51.5 Å². The van der Waals surface area contributed by atoms with Crippen LogP contribution in [0.4, 0.5) is 4.39 Å². The highest BCUT2D eigenvalue weighted by molar-refractivity contribution is 5.20. The third-order valence-electron chi connectivity index (χ3n) is 4.40. The van der Waals surface area contributed by atoms with Gasteiger partial charge >= 0.3 is 0 Å². The first kappa shape index (κ1) is 13.5. The molecule has 1 fully saturated rings. The van der Waals surface area contributed by atoms with Crippen LogP contribution >= 0.6 is 0 Å². The molecule has 0 heterocycles. The lowest BCUT2D eigenvalue weighted by atomic mass is 9.70. The van der Waals surface area contributed by atoms with Gasteiger partial charge in [-0.1, -0.05) is 38.0 Å². The number of halogens is 1. The number of hydrogen-bond acceptors (Lipinski definition) is 1. The van der Waals surface area contributed by atoms with Crippen LogP contribution in [0.3, 0.4) is 0 Å². The molecule has 0 aromatic heterocycles. The molecule has 18 heavy (non-hydrogen) atoms. The van der Waals surface area contributed by atoms with Crippen molar-refractivity contribution in [1.29, 1.82) is 0 Å². The van der Waals surface area contributed by atoms with E-state index in [2.05, 4.69) is 13.8 Å². The van der Waals surface area contributed by atoms with E-state index in [0.717, 1.165) is 11.5 Å². The Hall–Kier alpha value is -0.890. The SMILES string of the molecule is CC1CCCC(C(C)(N)Cc2ccccc2F)C1. The zero-order chi connectivity index (χ0) is 13.2. The van der Waals surface area contributed by atoms with Gasteiger partial charge in [0.25, 0.3) is 0 Å². The molecule has 100 valence electrons. The molecule has 3 unspecified atom stereocenters. The summed E-state index contributed by atoms with van der Waals surface area (Å²) in [5.41, 5.74) is 6.94. The van der Waals surface area contributed by atoms with Crippen LogP contribution in [-0.2, 0) is 6.42 Å². The molecule has 0 saturated heterocycles. The second kappa shape index (κ2) is 5.40. The number of rotatable bonds is 3. The zero-order valence-electron chi connectivity index (χ0n) is 11.5. The van der Waals surface area contributed by atoms with Crippen molar-refractivity contribution < 1.29 is 4.39 Å². The van der Waals surface area contributed by atoms with Crippen molar-refractivity contribution in [2.24, 2.45) is 17.6 Å². The number of hydrogen-bond donors (Lipinski definition) is 1. The molecule has 2 rings (SSSR count). The van der Waals surface area contributed by atoms with Crippen molar-refractivity contribution in [3.8, 4) is 0 Å². The molecular weight excluding hydrogens is 225 g/mol. The van der Waals surface area contributed by atoms with Gasteiger partial charge in [-0.3, -0.25) is 0 Å². The van der Waals surface area contributed by atoms with E-state index in [1.807, 2.05) is 12.1 Å². The molecule has 0 amide bonds. The van der Waals surface area contributed by atoms with E-state index in [9.17, 15) is 4.39 Å². The molecule has 0 bridgehead atoms. The predicted molar refractivity (Wildman–Crippen MR) is 73.8 cm³/mol. The summed E-state index contributed by atoms with van der Waals surface area (Å²) in [4.78, 5) is 0. The van der Waals surface area contributed by atoms with Crippen LogP contribution in [0.1, 0.15) is 45.1 Å². The lowest BCUT2D eigenvalue weighted by molar-refractivity contribution is 0.182. The summed E-state index contributed by atoms with van der Waals surface area (Å²) >= 11 is 0. The van der Waals surface area contributed by atoms with Gasteiger partial charge in [0.1, 0.15) is 5.82 Å². The average Bonchev–Trinajstić information content (AvgIpc) is 2.32. The maximum atomic E-state index is 13.7. The second-order valence-electron chi connectivity index (χ2n) is 6.24. The maximum Gasteiger partial charge on any atom is 0.126 e. The molecule has 3 atom stereocenters. The molecule has 1 aliphatic rings. The maximum absolute atomic E-state index is 13.7. The van der Waals surface area contributed by atoms with Crippen LogP contribution in [0.25, 0.3) is 0 Å². The average molecular weight is 249 g/mol. The largest absolute Gasteiger partial charge is 0.325 e. The van der Waals surface area contributed by atoms with Gasteiger partial charge in [-0.25, -0.2) is 4.39 Å². The highest BCUT2D eigenvalue weighted by Crippen LogP contribution is 2.36. The van der Waals surface area contributed by atoms with Crippen LogP contribution < -0.4 is 5.73 Å². The molecule has 1 aliphatic carbocycles. The second-order valence-corrected chi connectivity index (χ2v) is 6.24. The molecule has 2 N–H and O–H groups in total. The molecule has 0 spiro atoms. The van der Waals surface area contributed by atoms with E-state index >= 15 is 0 Å². The van der Waals surface area contributed by atoms with Gasteiger partial charge in [0.05, 0.1) is 0 Å². The van der Waals surface area contributed by atoms with Crippen molar-refractivity contribution in [3.05, 3.63) is 35.6 Å². The summed E-state index contributed by atoms with van der Waals surface area (Å²) < 4.78 is 13.7. The number of benzene rings is 1. The Kier molecular flexibility index (Phi) is 4.06. The normalized spacial score (nSPS) is 27.8. The Balaban J connectivity index is 2.09. The van der Waals surface area contributed by atoms with Crippen LogP contribution in [0.2, 0.25) is 0 Å². The fraction of sp³-hybridized carbons (Fsp3) is 0.625. The molecular formula is C16H24FN. The quantitative estimate of drug-likeness (QED) is 0.863. The van der Waals surface area contributed by atoms with Crippen molar-refractivity contribution >= 4 is 0 Å². The summed E-state index contributed by atoms with van der Waals surface area (Å²) in [6.45, 7) is 4.38. The summed E-state index contributed by atoms with van der Waals surface area (Å²) in [5.74, 6) is 1.14. The highest BCUT2D eigenvalue weighted by atomic mass is 19.1. The first-order valence-corrected chi connectivity index (χ1v) is 7.01. The van der Waals surface area contributed by atoms with Crippen molar-refractivity contribution in [3.63, 3.8) is 0 Å². The first-order valence-electron chi connectivity index (χ1n) is 7.01. The third-order valence-corrected chi connectivity index (χ3v) is 4.40. The summed E-state index contributed by atoms with van der Waals surface area (Å²) in [6.07, 6.45) is 5.58. The minimum atomic E-state index is -0.295. The van der Waals surface area contributed by atoms with Crippen LogP contribution in [-0.4, -0.2) is 5.54 Å². The molecule has 2 heteroatoms. The van der Waals surface area contributed by atoms with Crippen LogP contribution in [0.5, 0.6) is 0 Å². The Bertz CT molecular complexity index is 400. The van der Waals surface area contributed by atoms with Gasteiger partial charge in [-0.05, 0) is 49.7 Å². The van der Waals surface area contributed by atoms with Gasteiger partial charge < -0.3 is 5.73 Å². The smallest absolute Gasteiger partial charge is 0.126 e. The van der Waals surface area contributed by atoms with Crippen molar-refractivity contribution in [2.75, 3.05) is 0 Å². The summed E-state index contributed by atoms with van der Waals surface area (Å²) in [5, 5.41) is 0. The van der Waals surface area contributed by atoms with E-state index in [1.54, 1.807) is 6.07 Å². The Labute approximate surface area is 110 Å². The number of nitrogens with two attached hydrogens (primary N) is 1. The highest BCUT2D eigenvalue weighted by Gasteiger charge is 2.33. The first-order chi connectivity index (χ1) is 8.49. The predicted octanol–water partition coefficient (Wildman–Crippen LogP) is 3.91. The van der Waals surface area contributed by atoms with Gasteiger partial charge in [0, 0.05) is 5.54 Å². The van der Waals surface area contributed by atoms with E-state index in [0.29, 0.717) is 12.3 Å². The fourth-order valence-corrected chi connectivity index (χ4v) is 3.23. The summed E-state index contributed by atoms with van der Waals surface area (Å²) in [6, 6.07) is 7.00. The minimum Gasteiger partial charge on any atom is -0.325 e. The van der Waals surface area contributed by atoms with Crippen LogP contribution in [0, 0.1) is 17.7 Å². The van der Waals surface area contributed by atoms with Gasteiger partial charge in [0.15, 0.2) is 0 Å². The molecule has 0 aliphatic heterocycles. The van der Waals surface area contributed by atoms with E-state index in [1.165, 1.54) is 31.7 Å². The fourth-order valence-electron chi connectivity index (χ4n) is 3.23. The van der Waals surface area contributed by atoms with Gasteiger partial charge in [-0.15, -0.1) is 0 Å². The van der Waals surface area contributed by atoms with E-state index in [-0.39, 0.29) is 11.4 Å². The lowest BCUT2D eigenvalue weighted by Crippen LogP contribution is -2.48. The zero-order valence-corrected chi connectivity index (χ0v) is 11.5. The molecule has 1 aromatic carbocycles. The lowest BCUT2D eigenvalue weighted by Gasteiger charge is -2.39. The molecule has 1 saturated carbocycles. The Morgan fingerprint density at radius 1 is 1.33 bits per heavy atom. The third kappa shape index (κ3) is 3.11. The van der Waals surface area contributed by atoms with E-state index < -0.39 is 0 Å². The summed E-state index contributed by atoms with van der Waals surface area (Å²) in [7, 11) is 0. The topological polar surface area (TPSA) is 26.0 Å². The van der Waals surface area contributed by atoms with Gasteiger partial charge in [0.2, 0.25) is 0 Å². The van der Waals surface area contributed by atoms with Crippen LogP contribution in [0.15, 0.2) is 24.3 Å². The molecule has 0 radical (unpaired) electrons. The van der Waals surface area contributed by atoms with Gasteiger partial charge in [-0.2, -0.15) is 0 Å². The Morgan fingerprint density at radius 3 is 2.72 bits per heavy atom. The standard InChI is InChI=1S/C16H24FN/c1-12-6-5-8-14(10-12)16(2,18)11-13-7-3-4-9-15(13)17/h3-4,7,9,12,14H,5-6,8,10-11,18H2,1-2H3. The molecule has 1 nitrogen and oxygen atoms in total. The molecule has 1 aromatic rings. The minimum absolute atomic E-state index is 0.127. The Morgan fingerprint density at radius 2 is 2.06 bits per heavy atom. The van der Waals surface area contributed by atoms with Crippen molar-refractivity contribution in [1.82, 2.24) is 0 Å². The monoisotopic (exact) mass is 249 g/mol.